The van der Waals surface area contributed by atoms with E-state index in [0.29, 0.717) is 24.2 Å². The summed E-state index contributed by atoms with van der Waals surface area (Å²) in [6, 6.07) is 14.0. The Morgan fingerprint density at radius 1 is 1.11 bits per heavy atom. The average molecular weight is 386 g/mol. The lowest BCUT2D eigenvalue weighted by molar-refractivity contribution is 0.215. The molecule has 0 bridgehead atoms. The van der Waals surface area contributed by atoms with Crippen molar-refractivity contribution in [2.45, 2.75) is 26.7 Å². The van der Waals surface area contributed by atoms with Crippen molar-refractivity contribution in [3.63, 3.8) is 0 Å². The molecule has 0 saturated carbocycles. The molecule has 2 aromatic rings. The maximum Gasteiger partial charge on any atom is 0.186 e. The summed E-state index contributed by atoms with van der Waals surface area (Å²) < 4.78 is 11.7. The van der Waals surface area contributed by atoms with Gasteiger partial charge in [-0.15, -0.1) is 0 Å². The largest absolute Gasteiger partial charge is 0.490 e. The number of nitrogens with zero attached hydrogens (tertiary/aromatic N) is 1. The molecule has 0 saturated heterocycles. The number of hydrogen-bond acceptors (Lipinski definition) is 4. The minimum Gasteiger partial charge on any atom is -0.490 e. The smallest absolute Gasteiger partial charge is 0.186 e. The van der Waals surface area contributed by atoms with E-state index >= 15 is 0 Å². The van der Waals surface area contributed by atoms with Gasteiger partial charge in [0.2, 0.25) is 0 Å². The highest BCUT2D eigenvalue weighted by Crippen LogP contribution is 2.27. The monoisotopic (exact) mass is 385 g/mol. The minimum atomic E-state index is 0.424. The first-order valence-corrected chi connectivity index (χ1v) is 9.37. The molecule has 144 valence electrons. The fraction of sp³-hybridized carbons (Fsp3) is 0.333. The molecule has 2 aromatic carbocycles. The maximum absolute atomic E-state index is 5.94. The van der Waals surface area contributed by atoms with Crippen molar-refractivity contribution in [1.29, 1.82) is 0 Å². The molecule has 0 fully saturated rings. The van der Waals surface area contributed by atoms with Gasteiger partial charge in [0.15, 0.2) is 5.11 Å². The maximum atomic E-state index is 5.94. The van der Waals surface area contributed by atoms with Crippen LogP contribution in [-0.2, 0) is 0 Å². The fourth-order valence-electron chi connectivity index (χ4n) is 2.43. The van der Waals surface area contributed by atoms with Gasteiger partial charge in [-0.1, -0.05) is 26.0 Å². The van der Waals surface area contributed by atoms with Gasteiger partial charge in [0.25, 0.3) is 0 Å². The highest BCUT2D eigenvalue weighted by Gasteiger charge is 2.08. The Morgan fingerprint density at radius 2 is 1.81 bits per heavy atom. The lowest BCUT2D eigenvalue weighted by Crippen LogP contribution is -2.28. The summed E-state index contributed by atoms with van der Waals surface area (Å²) >= 11 is 4.95. The number of hydrogen-bond donors (Lipinski definition) is 2. The Kier molecular flexibility index (Phi) is 8.07. The van der Waals surface area contributed by atoms with Gasteiger partial charge in [-0.25, -0.2) is 0 Å². The van der Waals surface area contributed by atoms with Gasteiger partial charge in [-0.2, -0.15) is 5.10 Å². The second-order valence-corrected chi connectivity index (χ2v) is 6.82. The Labute approximate surface area is 166 Å². The minimum absolute atomic E-state index is 0.424. The molecule has 27 heavy (non-hydrogen) atoms. The lowest BCUT2D eigenvalue weighted by atomic mass is 10.0. The van der Waals surface area contributed by atoms with E-state index in [-0.39, 0.29) is 0 Å². The van der Waals surface area contributed by atoms with Gasteiger partial charge in [0, 0.05) is 7.05 Å². The Bertz CT molecular complexity index is 773. The molecule has 5 nitrogen and oxygen atoms in total. The molecule has 0 unspecified atom stereocenters. The third-order valence-electron chi connectivity index (χ3n) is 3.89. The molecular formula is C21H27N3O2S. The zero-order valence-corrected chi connectivity index (χ0v) is 17.1. The predicted octanol–water partition coefficient (Wildman–Crippen LogP) is 4.00. The van der Waals surface area contributed by atoms with Crippen LogP contribution in [0.3, 0.4) is 0 Å². The number of benzene rings is 2. The molecule has 0 aliphatic carbocycles. The number of thiocarbonyl (C=S) groups is 1. The van der Waals surface area contributed by atoms with E-state index in [1.807, 2.05) is 24.3 Å². The number of aryl methyl sites for hydroxylation is 1. The van der Waals surface area contributed by atoms with Gasteiger partial charge < -0.3 is 14.8 Å². The van der Waals surface area contributed by atoms with Crippen LogP contribution in [0.2, 0.25) is 0 Å². The normalized spacial score (nSPS) is 10.9. The molecule has 0 atom stereocenters. The van der Waals surface area contributed by atoms with Gasteiger partial charge in [0.05, 0.1) is 6.21 Å². The highest BCUT2D eigenvalue weighted by atomic mass is 32.1. The van der Waals surface area contributed by atoms with E-state index in [2.05, 4.69) is 54.8 Å². The van der Waals surface area contributed by atoms with Gasteiger partial charge >= 0.3 is 0 Å². The summed E-state index contributed by atoms with van der Waals surface area (Å²) in [5, 5.41) is 7.30. The first kappa shape index (κ1) is 20.7. The first-order chi connectivity index (χ1) is 13.0. The molecule has 0 heterocycles. The summed E-state index contributed by atoms with van der Waals surface area (Å²) in [7, 11) is 1.74. The van der Waals surface area contributed by atoms with Crippen LogP contribution in [-0.4, -0.2) is 31.6 Å². The summed E-state index contributed by atoms with van der Waals surface area (Å²) in [5.74, 6) is 2.16. The van der Waals surface area contributed by atoms with Crippen LogP contribution >= 0.6 is 12.2 Å². The SMILES string of the molecule is CNC(=S)NN=Cc1ccc(OCCOc2cc(C)ccc2C(C)C)cc1. The molecule has 2 N–H and O–H groups in total. The van der Waals surface area contributed by atoms with Crippen LogP contribution in [0, 0.1) is 6.92 Å². The molecule has 0 aliphatic rings. The molecule has 0 spiro atoms. The molecular weight excluding hydrogens is 358 g/mol. The van der Waals surface area contributed by atoms with E-state index in [1.165, 1.54) is 11.1 Å². The van der Waals surface area contributed by atoms with Crippen LogP contribution in [0.15, 0.2) is 47.6 Å². The van der Waals surface area contributed by atoms with E-state index in [9.17, 15) is 0 Å². The molecule has 0 aromatic heterocycles. The predicted molar refractivity (Wildman–Crippen MR) is 115 cm³/mol. The molecule has 0 amide bonds. The van der Waals surface area contributed by atoms with Crippen molar-refractivity contribution in [3.8, 4) is 11.5 Å². The average Bonchev–Trinajstić information content (AvgIpc) is 2.66. The van der Waals surface area contributed by atoms with E-state index in [4.69, 9.17) is 21.7 Å². The second kappa shape index (κ2) is 10.5. The number of hydrazone groups is 1. The molecule has 0 radical (unpaired) electrons. The van der Waals surface area contributed by atoms with Gasteiger partial charge in [0.1, 0.15) is 24.7 Å². The standard InChI is InChI=1S/C21H27N3O2S/c1-15(2)19-10-5-16(3)13-20(19)26-12-11-25-18-8-6-17(7-9-18)14-23-24-21(27)22-4/h5-10,13-15H,11-12H2,1-4H3,(H2,22,24,27). The Balaban J connectivity index is 1.81. The Hall–Kier alpha value is -2.60. The lowest BCUT2D eigenvalue weighted by Gasteiger charge is -2.15. The Morgan fingerprint density at radius 3 is 2.48 bits per heavy atom. The second-order valence-electron chi connectivity index (χ2n) is 6.41. The fourth-order valence-corrected chi connectivity index (χ4v) is 2.48. The molecule has 2 rings (SSSR count). The van der Waals surface area contributed by atoms with Crippen molar-refractivity contribution in [1.82, 2.24) is 10.7 Å². The number of nitrogens with one attached hydrogen (secondary N) is 2. The summed E-state index contributed by atoms with van der Waals surface area (Å²) in [6.07, 6.45) is 1.70. The summed E-state index contributed by atoms with van der Waals surface area (Å²) in [5.41, 5.74) is 6.07. The van der Waals surface area contributed by atoms with Crippen LogP contribution in [0.25, 0.3) is 0 Å². The van der Waals surface area contributed by atoms with Gasteiger partial charge in [-0.05, 0) is 72.1 Å². The topological polar surface area (TPSA) is 54.9 Å². The van der Waals surface area contributed by atoms with Crippen molar-refractivity contribution in [2.24, 2.45) is 5.10 Å². The van der Waals surface area contributed by atoms with Crippen LogP contribution in [0.5, 0.6) is 11.5 Å². The number of ether oxygens (including phenoxy) is 2. The van der Waals surface area contributed by atoms with Crippen molar-refractivity contribution in [3.05, 3.63) is 59.2 Å². The van der Waals surface area contributed by atoms with E-state index in [1.54, 1.807) is 13.3 Å². The third kappa shape index (κ3) is 6.90. The van der Waals surface area contributed by atoms with E-state index < -0.39 is 0 Å². The highest BCUT2D eigenvalue weighted by molar-refractivity contribution is 7.80. The third-order valence-corrected chi connectivity index (χ3v) is 4.18. The summed E-state index contributed by atoms with van der Waals surface area (Å²) in [4.78, 5) is 0. The quantitative estimate of drug-likeness (QED) is 0.311. The summed E-state index contributed by atoms with van der Waals surface area (Å²) in [6.45, 7) is 7.39. The number of rotatable bonds is 8. The zero-order valence-electron chi connectivity index (χ0n) is 16.3. The molecule has 6 heteroatoms. The van der Waals surface area contributed by atoms with Crippen LogP contribution < -0.4 is 20.2 Å². The van der Waals surface area contributed by atoms with Crippen LogP contribution in [0.4, 0.5) is 0 Å². The van der Waals surface area contributed by atoms with Crippen molar-refractivity contribution < 1.29 is 9.47 Å². The zero-order chi connectivity index (χ0) is 19.6. The van der Waals surface area contributed by atoms with Gasteiger partial charge in [-0.3, -0.25) is 5.43 Å². The van der Waals surface area contributed by atoms with E-state index in [0.717, 1.165) is 17.1 Å². The first-order valence-electron chi connectivity index (χ1n) is 8.96. The van der Waals surface area contributed by atoms with Crippen LogP contribution in [0.1, 0.15) is 36.5 Å². The molecule has 0 aliphatic heterocycles. The van der Waals surface area contributed by atoms with Crippen molar-refractivity contribution in [2.75, 3.05) is 20.3 Å². The van der Waals surface area contributed by atoms with Crippen molar-refractivity contribution >= 4 is 23.5 Å².